The zero-order chi connectivity index (χ0) is 18.1. The molecule has 1 fully saturated rings. The summed E-state index contributed by atoms with van der Waals surface area (Å²) >= 11 is 6.24. The lowest BCUT2D eigenvalue weighted by atomic mass is 10.1. The van der Waals surface area contributed by atoms with E-state index in [9.17, 15) is 9.59 Å². The lowest BCUT2D eigenvalue weighted by Gasteiger charge is -2.15. The van der Waals surface area contributed by atoms with Crippen LogP contribution in [0.15, 0.2) is 30.5 Å². The van der Waals surface area contributed by atoms with Crippen LogP contribution in [0.25, 0.3) is 10.9 Å². The Morgan fingerprint density at radius 3 is 2.81 bits per heavy atom. The van der Waals surface area contributed by atoms with Crippen molar-refractivity contribution < 1.29 is 9.59 Å². The summed E-state index contributed by atoms with van der Waals surface area (Å²) < 4.78 is 0. The summed E-state index contributed by atoms with van der Waals surface area (Å²) in [7, 11) is 0. The molecule has 1 aliphatic rings. The second-order valence-corrected chi connectivity index (χ2v) is 6.85. The van der Waals surface area contributed by atoms with Gasteiger partial charge in [0.2, 0.25) is 0 Å². The molecule has 4 rings (SSSR count). The van der Waals surface area contributed by atoms with Crippen LogP contribution in [0.5, 0.6) is 0 Å². The van der Waals surface area contributed by atoms with E-state index >= 15 is 0 Å². The third-order valence-corrected chi connectivity index (χ3v) is 4.92. The number of fused-ring (bicyclic) bond motifs is 1. The lowest BCUT2D eigenvalue weighted by molar-refractivity contribution is -0.108. The van der Waals surface area contributed by atoms with Crippen molar-refractivity contribution in [3.05, 3.63) is 52.6 Å². The molecule has 3 aromatic rings. The van der Waals surface area contributed by atoms with Gasteiger partial charge in [-0.25, -0.2) is 9.97 Å². The SMILES string of the molecule is O=Cc1nc(C2CC2)nc(NC(C=O)Cc2c[nH]c3ccccc23)c1Cl. The van der Waals surface area contributed by atoms with Crippen molar-refractivity contribution in [1.29, 1.82) is 0 Å². The maximum absolute atomic E-state index is 11.6. The summed E-state index contributed by atoms with van der Waals surface area (Å²) in [4.78, 5) is 34.8. The molecule has 0 bridgehead atoms. The first kappa shape index (κ1) is 16.7. The Labute approximate surface area is 155 Å². The van der Waals surface area contributed by atoms with E-state index in [4.69, 9.17) is 11.6 Å². The predicted molar refractivity (Wildman–Crippen MR) is 99.9 cm³/mol. The highest BCUT2D eigenvalue weighted by molar-refractivity contribution is 6.35. The average molecular weight is 369 g/mol. The molecule has 0 spiro atoms. The number of rotatable bonds is 7. The zero-order valence-electron chi connectivity index (χ0n) is 13.9. The normalized spacial score (nSPS) is 15.0. The molecule has 2 heterocycles. The molecule has 0 aliphatic heterocycles. The van der Waals surface area contributed by atoms with E-state index < -0.39 is 6.04 Å². The first-order valence-corrected chi connectivity index (χ1v) is 8.87. The van der Waals surface area contributed by atoms with Crippen LogP contribution in [0.2, 0.25) is 5.02 Å². The Hall–Kier alpha value is -2.73. The summed E-state index contributed by atoms with van der Waals surface area (Å²) in [5, 5.41) is 4.29. The Balaban J connectivity index is 1.61. The number of anilines is 1. The molecule has 1 unspecified atom stereocenters. The van der Waals surface area contributed by atoms with Crippen LogP contribution in [0.4, 0.5) is 5.82 Å². The summed E-state index contributed by atoms with van der Waals surface area (Å²) in [6, 6.07) is 7.40. The van der Waals surface area contributed by atoms with Crippen LogP contribution >= 0.6 is 11.6 Å². The maximum Gasteiger partial charge on any atom is 0.170 e. The number of carbonyl (C=O) groups excluding carboxylic acids is 2. The van der Waals surface area contributed by atoms with E-state index in [1.807, 2.05) is 30.5 Å². The molecule has 26 heavy (non-hydrogen) atoms. The van der Waals surface area contributed by atoms with E-state index in [0.29, 0.717) is 24.3 Å². The molecule has 0 radical (unpaired) electrons. The number of nitrogens with one attached hydrogen (secondary N) is 2. The number of aldehydes is 2. The standard InChI is InChI=1S/C19H17ClN4O2/c20-17-16(10-26)23-18(11-5-6-11)24-19(17)22-13(9-25)7-12-8-21-15-4-2-1-3-14(12)15/h1-4,8-11,13,21H,5-7H2,(H,22,23,24). The zero-order valence-corrected chi connectivity index (χ0v) is 14.7. The number of H-pyrrole nitrogens is 1. The predicted octanol–water partition coefficient (Wildman–Crippen LogP) is 3.52. The minimum absolute atomic E-state index is 0.148. The topological polar surface area (TPSA) is 87.7 Å². The molecule has 2 aromatic heterocycles. The van der Waals surface area contributed by atoms with Gasteiger partial charge in [0, 0.05) is 29.4 Å². The van der Waals surface area contributed by atoms with Gasteiger partial charge < -0.3 is 15.1 Å². The van der Waals surface area contributed by atoms with E-state index in [2.05, 4.69) is 20.3 Å². The molecule has 2 N–H and O–H groups in total. The molecule has 132 valence electrons. The Bertz CT molecular complexity index is 981. The number of aromatic amines is 1. The van der Waals surface area contributed by atoms with Crippen molar-refractivity contribution in [1.82, 2.24) is 15.0 Å². The number of benzene rings is 1. The number of para-hydroxylation sites is 1. The number of aromatic nitrogens is 3. The molecule has 1 aliphatic carbocycles. The van der Waals surface area contributed by atoms with Gasteiger partial charge >= 0.3 is 0 Å². The number of halogens is 1. The van der Waals surface area contributed by atoms with E-state index in [1.54, 1.807) is 0 Å². The third-order valence-electron chi connectivity index (χ3n) is 4.55. The Kier molecular flexibility index (Phi) is 4.42. The fourth-order valence-corrected chi connectivity index (χ4v) is 3.21. The monoisotopic (exact) mass is 368 g/mol. The molecule has 1 saturated carbocycles. The number of nitrogens with zero attached hydrogens (tertiary/aromatic N) is 2. The van der Waals surface area contributed by atoms with Crippen LogP contribution in [-0.2, 0) is 11.2 Å². The van der Waals surface area contributed by atoms with Crippen molar-refractivity contribution in [2.24, 2.45) is 0 Å². The quantitative estimate of drug-likeness (QED) is 0.623. The fourth-order valence-electron chi connectivity index (χ4n) is 3.03. The molecule has 1 aromatic carbocycles. The number of hydrogen-bond donors (Lipinski definition) is 2. The summed E-state index contributed by atoms with van der Waals surface area (Å²) in [5.41, 5.74) is 2.20. The third kappa shape index (κ3) is 3.20. The lowest BCUT2D eigenvalue weighted by Crippen LogP contribution is -2.25. The maximum atomic E-state index is 11.6. The highest BCUT2D eigenvalue weighted by Gasteiger charge is 2.29. The van der Waals surface area contributed by atoms with Gasteiger partial charge in [0.05, 0.1) is 6.04 Å². The Morgan fingerprint density at radius 1 is 1.27 bits per heavy atom. The van der Waals surface area contributed by atoms with Gasteiger partial charge in [-0.05, 0) is 24.5 Å². The van der Waals surface area contributed by atoms with Gasteiger partial charge in [0.15, 0.2) is 6.29 Å². The number of carbonyl (C=O) groups is 2. The van der Waals surface area contributed by atoms with Gasteiger partial charge in [-0.15, -0.1) is 0 Å². The summed E-state index contributed by atoms with van der Waals surface area (Å²) in [6.07, 6.45) is 5.84. The molecule has 0 saturated heterocycles. The van der Waals surface area contributed by atoms with E-state index in [0.717, 1.165) is 35.6 Å². The minimum Gasteiger partial charge on any atom is -0.361 e. The summed E-state index contributed by atoms with van der Waals surface area (Å²) in [6.45, 7) is 0. The molecule has 0 amide bonds. The molecule has 7 heteroatoms. The molecule has 1 atom stereocenters. The first-order chi connectivity index (χ1) is 12.7. The van der Waals surface area contributed by atoms with Crippen LogP contribution < -0.4 is 5.32 Å². The van der Waals surface area contributed by atoms with E-state index in [-0.39, 0.29) is 16.6 Å². The second-order valence-electron chi connectivity index (χ2n) is 6.47. The van der Waals surface area contributed by atoms with Gasteiger partial charge in [-0.3, -0.25) is 4.79 Å². The van der Waals surface area contributed by atoms with Crippen LogP contribution in [0, 0.1) is 0 Å². The van der Waals surface area contributed by atoms with Gasteiger partial charge in [-0.2, -0.15) is 0 Å². The largest absolute Gasteiger partial charge is 0.361 e. The van der Waals surface area contributed by atoms with E-state index in [1.165, 1.54) is 0 Å². The molecule has 6 nitrogen and oxygen atoms in total. The van der Waals surface area contributed by atoms with Crippen LogP contribution in [0.1, 0.15) is 40.6 Å². The first-order valence-electron chi connectivity index (χ1n) is 8.49. The average Bonchev–Trinajstić information content (AvgIpc) is 3.44. The van der Waals surface area contributed by atoms with Crippen molar-refractivity contribution >= 4 is 40.9 Å². The van der Waals surface area contributed by atoms with Gasteiger partial charge in [0.1, 0.15) is 28.6 Å². The van der Waals surface area contributed by atoms with Crippen LogP contribution in [-0.4, -0.2) is 33.6 Å². The van der Waals surface area contributed by atoms with Gasteiger partial charge in [0.25, 0.3) is 0 Å². The highest BCUT2D eigenvalue weighted by Crippen LogP contribution is 2.39. The number of hydrogen-bond acceptors (Lipinski definition) is 5. The van der Waals surface area contributed by atoms with Crippen molar-refractivity contribution in [3.63, 3.8) is 0 Å². The van der Waals surface area contributed by atoms with Crippen molar-refractivity contribution in [2.45, 2.75) is 31.2 Å². The molecular formula is C19H17ClN4O2. The highest BCUT2D eigenvalue weighted by atomic mass is 35.5. The minimum atomic E-state index is -0.520. The van der Waals surface area contributed by atoms with Crippen molar-refractivity contribution in [3.8, 4) is 0 Å². The fraction of sp³-hybridized carbons (Fsp3) is 0.263. The Morgan fingerprint density at radius 2 is 2.08 bits per heavy atom. The smallest absolute Gasteiger partial charge is 0.170 e. The second kappa shape index (κ2) is 6.88. The summed E-state index contributed by atoms with van der Waals surface area (Å²) in [5.74, 6) is 1.22. The van der Waals surface area contributed by atoms with Crippen LogP contribution in [0.3, 0.4) is 0 Å². The van der Waals surface area contributed by atoms with Crippen molar-refractivity contribution in [2.75, 3.05) is 5.32 Å². The van der Waals surface area contributed by atoms with Gasteiger partial charge in [-0.1, -0.05) is 29.8 Å². The molecular weight excluding hydrogens is 352 g/mol.